The predicted molar refractivity (Wildman–Crippen MR) is 86.1 cm³/mol. The van der Waals surface area contributed by atoms with Gasteiger partial charge in [0, 0.05) is 25.8 Å². The summed E-state index contributed by atoms with van der Waals surface area (Å²) < 4.78 is 10.8. The van der Waals surface area contributed by atoms with Crippen molar-refractivity contribution in [1.82, 2.24) is 4.90 Å². The van der Waals surface area contributed by atoms with Crippen LogP contribution in [0.25, 0.3) is 0 Å². The molecule has 0 unspecified atom stereocenters. The smallest absolute Gasteiger partial charge is 0.338 e. The lowest BCUT2D eigenvalue weighted by atomic mass is 10.1. The minimum atomic E-state index is -1.11. The molecular formula is C18H19NO5. The van der Waals surface area contributed by atoms with E-state index in [0.717, 1.165) is 19.1 Å². The van der Waals surface area contributed by atoms with Gasteiger partial charge in [-0.25, -0.2) is 4.79 Å². The summed E-state index contributed by atoms with van der Waals surface area (Å²) in [5, 5.41) is 8.83. The second-order valence-electron chi connectivity index (χ2n) is 5.80. The molecule has 1 aliphatic heterocycles. The fourth-order valence-corrected chi connectivity index (χ4v) is 2.60. The summed E-state index contributed by atoms with van der Waals surface area (Å²) in [6, 6.07) is 11.5. The lowest BCUT2D eigenvalue weighted by Gasteiger charge is -2.38. The van der Waals surface area contributed by atoms with Crippen LogP contribution >= 0.6 is 0 Å². The first kappa shape index (κ1) is 16.3. The lowest BCUT2D eigenvalue weighted by molar-refractivity contribution is -0.0439. The fraction of sp³-hybridized carbons (Fsp3) is 0.333. The number of aromatic carboxylic acids is 1. The molecule has 0 spiro atoms. The molecule has 6 heteroatoms. The molecule has 1 N–H and O–H groups in total. The molecule has 0 radical (unpaired) electrons. The molecule has 1 aromatic carbocycles. The van der Waals surface area contributed by atoms with Crippen LogP contribution < -0.4 is 0 Å². The molecule has 1 fully saturated rings. The Hall–Kier alpha value is -2.60. The van der Waals surface area contributed by atoms with Crippen LogP contribution in [-0.4, -0.2) is 47.7 Å². The first-order chi connectivity index (χ1) is 11.6. The van der Waals surface area contributed by atoms with Crippen LogP contribution in [0.2, 0.25) is 0 Å². The zero-order chi connectivity index (χ0) is 16.9. The topological polar surface area (TPSA) is 80.0 Å². The highest BCUT2D eigenvalue weighted by Crippen LogP contribution is 2.18. The van der Waals surface area contributed by atoms with Crippen LogP contribution in [-0.2, 0) is 11.2 Å². The van der Waals surface area contributed by atoms with Gasteiger partial charge in [-0.05, 0) is 18.4 Å². The third-order valence-electron chi connectivity index (χ3n) is 4.00. The van der Waals surface area contributed by atoms with E-state index in [2.05, 4.69) is 12.1 Å². The van der Waals surface area contributed by atoms with E-state index < -0.39 is 5.97 Å². The van der Waals surface area contributed by atoms with Gasteiger partial charge in [-0.1, -0.05) is 30.3 Å². The van der Waals surface area contributed by atoms with Gasteiger partial charge in [-0.2, -0.15) is 0 Å². The van der Waals surface area contributed by atoms with E-state index >= 15 is 0 Å². The summed E-state index contributed by atoms with van der Waals surface area (Å²) in [5.74, 6) is -1.36. The number of carboxylic acid groups (broad SMARTS) is 1. The summed E-state index contributed by atoms with van der Waals surface area (Å²) in [5.41, 5.74) is 1.27. The lowest BCUT2D eigenvalue weighted by Crippen LogP contribution is -2.54. The van der Waals surface area contributed by atoms with Gasteiger partial charge in [0.15, 0.2) is 5.76 Å². The van der Waals surface area contributed by atoms with Crippen LogP contribution in [0.1, 0.15) is 32.9 Å². The molecule has 0 atom stereocenters. The Balaban J connectivity index is 1.36. The predicted octanol–water partition coefficient (Wildman–Crippen LogP) is 2.45. The van der Waals surface area contributed by atoms with Gasteiger partial charge in [0.2, 0.25) is 0 Å². The molecule has 0 aliphatic carbocycles. The number of furan rings is 1. The van der Waals surface area contributed by atoms with E-state index in [1.54, 1.807) is 4.90 Å². The SMILES string of the molecule is O=C(O)c1coc(C(=O)N2CC(OCCCc3ccccc3)C2)c1. The van der Waals surface area contributed by atoms with Crippen molar-refractivity contribution in [2.24, 2.45) is 0 Å². The summed E-state index contributed by atoms with van der Waals surface area (Å²) in [6.07, 6.45) is 3.03. The molecule has 2 heterocycles. The zero-order valence-corrected chi connectivity index (χ0v) is 13.2. The van der Waals surface area contributed by atoms with Crippen LogP contribution in [0.3, 0.4) is 0 Å². The van der Waals surface area contributed by atoms with Gasteiger partial charge in [-0.3, -0.25) is 4.79 Å². The maximum absolute atomic E-state index is 12.1. The van der Waals surface area contributed by atoms with Crippen molar-refractivity contribution >= 4 is 11.9 Å². The quantitative estimate of drug-likeness (QED) is 0.789. The van der Waals surface area contributed by atoms with Gasteiger partial charge < -0.3 is 19.2 Å². The first-order valence-electron chi connectivity index (χ1n) is 7.90. The normalized spacial score (nSPS) is 14.4. The molecule has 126 valence electrons. The second kappa shape index (κ2) is 7.31. The van der Waals surface area contributed by atoms with E-state index in [4.69, 9.17) is 14.3 Å². The molecule has 1 saturated heterocycles. The largest absolute Gasteiger partial charge is 0.478 e. The standard InChI is InChI=1S/C18H19NO5/c20-17(16-9-14(12-24-16)18(21)22)19-10-15(11-19)23-8-4-7-13-5-2-1-3-6-13/h1-3,5-6,9,12,15H,4,7-8,10-11H2,(H,21,22). The number of rotatable bonds is 7. The molecule has 3 rings (SSSR count). The van der Waals surface area contributed by atoms with Crippen molar-refractivity contribution < 1.29 is 23.8 Å². The highest BCUT2D eigenvalue weighted by atomic mass is 16.5. The van der Waals surface area contributed by atoms with Crippen LogP contribution in [0.4, 0.5) is 0 Å². The highest BCUT2D eigenvalue weighted by molar-refractivity contribution is 5.95. The van der Waals surface area contributed by atoms with Crippen molar-refractivity contribution in [3.05, 3.63) is 59.5 Å². The number of carbonyl (C=O) groups excluding carboxylic acids is 1. The molecule has 1 amide bonds. The number of amides is 1. The first-order valence-corrected chi connectivity index (χ1v) is 7.90. The van der Waals surface area contributed by atoms with E-state index in [-0.39, 0.29) is 23.3 Å². The number of hydrogen-bond donors (Lipinski definition) is 1. The Kier molecular flexibility index (Phi) is 4.96. The summed E-state index contributed by atoms with van der Waals surface area (Å²) in [7, 11) is 0. The number of likely N-dealkylation sites (tertiary alicyclic amines) is 1. The number of nitrogens with zero attached hydrogens (tertiary/aromatic N) is 1. The number of carbonyl (C=O) groups is 2. The molecule has 0 saturated carbocycles. The molecule has 1 aliphatic rings. The average Bonchev–Trinajstić information content (AvgIpc) is 3.04. The van der Waals surface area contributed by atoms with Crippen molar-refractivity contribution in [2.75, 3.05) is 19.7 Å². The third-order valence-corrected chi connectivity index (χ3v) is 4.00. The zero-order valence-electron chi connectivity index (χ0n) is 13.2. The monoisotopic (exact) mass is 329 g/mol. The molecule has 2 aromatic rings. The number of aryl methyl sites for hydroxylation is 1. The molecule has 6 nitrogen and oxygen atoms in total. The Morgan fingerprint density at radius 1 is 1.25 bits per heavy atom. The molecular weight excluding hydrogens is 310 g/mol. The van der Waals surface area contributed by atoms with E-state index in [1.165, 1.54) is 11.6 Å². The van der Waals surface area contributed by atoms with Crippen molar-refractivity contribution in [2.45, 2.75) is 18.9 Å². The molecule has 1 aromatic heterocycles. The number of benzene rings is 1. The number of hydrogen-bond acceptors (Lipinski definition) is 4. The second-order valence-corrected chi connectivity index (χ2v) is 5.80. The molecule has 0 bridgehead atoms. The van der Waals surface area contributed by atoms with Crippen LogP contribution in [0.5, 0.6) is 0 Å². The summed E-state index contributed by atoms with van der Waals surface area (Å²) >= 11 is 0. The Morgan fingerprint density at radius 3 is 2.67 bits per heavy atom. The Morgan fingerprint density at radius 2 is 2.00 bits per heavy atom. The summed E-state index contributed by atoms with van der Waals surface area (Å²) in [4.78, 5) is 24.5. The Bertz CT molecular complexity index is 703. The van der Waals surface area contributed by atoms with E-state index in [0.29, 0.717) is 19.7 Å². The molecule has 24 heavy (non-hydrogen) atoms. The third kappa shape index (κ3) is 3.83. The van der Waals surface area contributed by atoms with Crippen LogP contribution in [0, 0.1) is 0 Å². The minimum absolute atomic E-state index is 0.0208. The van der Waals surface area contributed by atoms with Gasteiger partial charge >= 0.3 is 5.97 Å². The summed E-state index contributed by atoms with van der Waals surface area (Å²) in [6.45, 7) is 1.67. The number of carboxylic acids is 1. The van der Waals surface area contributed by atoms with Crippen LogP contribution in [0.15, 0.2) is 47.1 Å². The highest BCUT2D eigenvalue weighted by Gasteiger charge is 2.33. The maximum atomic E-state index is 12.1. The van der Waals surface area contributed by atoms with E-state index in [1.807, 2.05) is 18.2 Å². The van der Waals surface area contributed by atoms with Crippen molar-refractivity contribution in [3.63, 3.8) is 0 Å². The van der Waals surface area contributed by atoms with Gasteiger partial charge in [0.1, 0.15) is 6.26 Å². The fourth-order valence-electron chi connectivity index (χ4n) is 2.60. The van der Waals surface area contributed by atoms with Gasteiger partial charge in [-0.15, -0.1) is 0 Å². The minimum Gasteiger partial charge on any atom is -0.478 e. The van der Waals surface area contributed by atoms with Gasteiger partial charge in [0.25, 0.3) is 5.91 Å². The number of ether oxygens (including phenoxy) is 1. The maximum Gasteiger partial charge on any atom is 0.338 e. The van der Waals surface area contributed by atoms with Crippen molar-refractivity contribution in [3.8, 4) is 0 Å². The average molecular weight is 329 g/mol. The van der Waals surface area contributed by atoms with Gasteiger partial charge in [0.05, 0.1) is 11.7 Å². The Labute approximate surface area is 139 Å². The van der Waals surface area contributed by atoms with E-state index in [9.17, 15) is 9.59 Å². The van der Waals surface area contributed by atoms with Crippen molar-refractivity contribution in [1.29, 1.82) is 0 Å².